The predicted molar refractivity (Wildman–Crippen MR) is 112 cm³/mol. The second-order valence-corrected chi connectivity index (χ2v) is 7.38. The van der Waals surface area contributed by atoms with Crippen LogP contribution in [-0.2, 0) is 24.2 Å². The number of thiocarbonyl (C=S) groups is 2. The third kappa shape index (κ3) is 3.31. The van der Waals surface area contributed by atoms with Gasteiger partial charge in [-0.05, 0) is 30.0 Å². The van der Waals surface area contributed by atoms with Gasteiger partial charge in [0.1, 0.15) is 21.4 Å². The van der Waals surface area contributed by atoms with Crippen molar-refractivity contribution in [2.24, 2.45) is 5.73 Å². The van der Waals surface area contributed by atoms with E-state index in [1.165, 1.54) is 11.1 Å². The van der Waals surface area contributed by atoms with Crippen molar-refractivity contribution in [2.75, 3.05) is 7.11 Å². The van der Waals surface area contributed by atoms with Crippen LogP contribution in [0.4, 0.5) is 0 Å². The third-order valence-electron chi connectivity index (χ3n) is 4.74. The molecule has 1 aromatic carbocycles. The van der Waals surface area contributed by atoms with E-state index in [0.29, 0.717) is 28.5 Å². The van der Waals surface area contributed by atoms with Crippen molar-refractivity contribution in [3.05, 3.63) is 64.6 Å². The summed E-state index contributed by atoms with van der Waals surface area (Å²) in [5, 5.41) is 8.06. The largest absolute Gasteiger partial charge is 0.389 e. The van der Waals surface area contributed by atoms with Crippen LogP contribution in [0.2, 0.25) is 0 Å². The summed E-state index contributed by atoms with van der Waals surface area (Å²) in [5.74, 6) is 0. The molecule has 6 nitrogen and oxygen atoms in total. The van der Waals surface area contributed by atoms with Crippen molar-refractivity contribution in [3.63, 3.8) is 0 Å². The van der Waals surface area contributed by atoms with Crippen molar-refractivity contribution in [1.29, 1.82) is 0 Å². The fraction of sp³-hybridized carbons (Fsp3) is 0.263. The topological polar surface area (TPSA) is 77.5 Å². The highest BCUT2D eigenvalue weighted by Gasteiger charge is 2.24. The Hall–Kier alpha value is -2.42. The molecule has 1 aliphatic carbocycles. The van der Waals surface area contributed by atoms with Gasteiger partial charge in [-0.2, -0.15) is 5.10 Å². The minimum Gasteiger partial charge on any atom is -0.389 e. The fourth-order valence-corrected chi connectivity index (χ4v) is 4.10. The first kappa shape index (κ1) is 18.0. The Morgan fingerprint density at radius 3 is 2.59 bits per heavy atom. The molecule has 0 unspecified atom stereocenters. The lowest BCUT2D eigenvalue weighted by atomic mass is 10.1. The second kappa shape index (κ2) is 7.30. The van der Waals surface area contributed by atoms with Crippen LogP contribution in [0, 0.1) is 0 Å². The number of hydrogen-bond acceptors (Lipinski definition) is 5. The number of nitrogens with one attached hydrogen (secondary N) is 1. The highest BCUT2D eigenvalue weighted by Crippen LogP contribution is 2.22. The Kier molecular flexibility index (Phi) is 4.86. The number of nitrogens with two attached hydrogens (primary N) is 1. The molecule has 8 heteroatoms. The van der Waals surface area contributed by atoms with Gasteiger partial charge in [0.05, 0.1) is 12.2 Å². The minimum atomic E-state index is 0.242. The number of nitrogens with zero attached hydrogens (tertiary/aromatic N) is 3. The lowest BCUT2D eigenvalue weighted by molar-refractivity contribution is 0.181. The number of benzene rings is 1. The van der Waals surface area contributed by atoms with Gasteiger partial charge in [0.25, 0.3) is 0 Å². The van der Waals surface area contributed by atoms with Gasteiger partial charge in [0.15, 0.2) is 5.65 Å². The van der Waals surface area contributed by atoms with Crippen molar-refractivity contribution in [2.45, 2.75) is 25.5 Å². The maximum absolute atomic E-state index is 5.90. The second-order valence-electron chi connectivity index (χ2n) is 6.53. The van der Waals surface area contributed by atoms with Gasteiger partial charge in [-0.25, -0.2) is 9.50 Å². The lowest BCUT2D eigenvalue weighted by Crippen LogP contribution is -2.35. The Balaban J connectivity index is 1.65. The highest BCUT2D eigenvalue weighted by atomic mass is 32.1. The number of fused-ring (bicyclic) bond motifs is 2. The molecule has 0 bridgehead atoms. The van der Waals surface area contributed by atoms with Crippen LogP contribution in [0.5, 0.6) is 0 Å². The summed E-state index contributed by atoms with van der Waals surface area (Å²) < 4.78 is 6.92. The summed E-state index contributed by atoms with van der Waals surface area (Å²) in [5.41, 5.74) is 11.3. The zero-order valence-corrected chi connectivity index (χ0v) is 16.4. The van der Waals surface area contributed by atoms with Crippen LogP contribution in [-0.4, -0.2) is 37.7 Å². The Labute approximate surface area is 167 Å². The van der Waals surface area contributed by atoms with E-state index in [-0.39, 0.29) is 11.0 Å². The molecule has 0 saturated heterocycles. The lowest BCUT2D eigenvalue weighted by Gasteiger charge is -2.15. The van der Waals surface area contributed by atoms with Crippen molar-refractivity contribution < 1.29 is 4.74 Å². The van der Waals surface area contributed by atoms with Crippen LogP contribution in [0.15, 0.2) is 36.5 Å². The molecule has 27 heavy (non-hydrogen) atoms. The van der Waals surface area contributed by atoms with E-state index in [2.05, 4.69) is 39.7 Å². The Morgan fingerprint density at radius 2 is 1.96 bits per heavy atom. The van der Waals surface area contributed by atoms with Crippen LogP contribution >= 0.6 is 24.4 Å². The monoisotopic (exact) mass is 397 g/mol. The average molecular weight is 398 g/mol. The summed E-state index contributed by atoms with van der Waals surface area (Å²) >= 11 is 10.9. The van der Waals surface area contributed by atoms with Gasteiger partial charge in [0, 0.05) is 19.3 Å². The van der Waals surface area contributed by atoms with Gasteiger partial charge in [0.2, 0.25) is 0 Å². The molecular weight excluding hydrogens is 378 g/mol. The van der Waals surface area contributed by atoms with E-state index in [4.69, 9.17) is 34.9 Å². The molecule has 2 aromatic heterocycles. The predicted octanol–water partition coefficient (Wildman–Crippen LogP) is 1.94. The molecular formula is C19H19N5OS2. The molecule has 3 aromatic rings. The first-order valence-electron chi connectivity index (χ1n) is 8.61. The fourth-order valence-electron chi connectivity index (χ4n) is 3.57. The first-order chi connectivity index (χ1) is 13.1. The first-order valence-corrected chi connectivity index (χ1v) is 9.43. The van der Waals surface area contributed by atoms with Crippen LogP contribution < -0.4 is 11.1 Å². The number of methoxy groups -OCH3 is 1. The summed E-state index contributed by atoms with van der Waals surface area (Å²) in [6.45, 7) is 0.299. The number of rotatable bonds is 5. The molecule has 2 heterocycles. The molecule has 3 N–H and O–H groups in total. The maximum atomic E-state index is 5.90. The van der Waals surface area contributed by atoms with Crippen molar-refractivity contribution in [3.8, 4) is 0 Å². The van der Waals surface area contributed by atoms with Crippen LogP contribution in [0.25, 0.3) is 5.65 Å². The van der Waals surface area contributed by atoms with E-state index in [1.54, 1.807) is 17.8 Å². The van der Waals surface area contributed by atoms with Gasteiger partial charge < -0.3 is 15.8 Å². The average Bonchev–Trinajstić information content (AvgIpc) is 3.21. The zero-order chi connectivity index (χ0) is 19.0. The van der Waals surface area contributed by atoms with E-state index in [1.807, 2.05) is 6.07 Å². The van der Waals surface area contributed by atoms with Crippen LogP contribution in [0.1, 0.15) is 28.1 Å². The Bertz CT molecular complexity index is 1020. The normalized spacial score (nSPS) is 13.7. The number of aromatic nitrogens is 3. The minimum absolute atomic E-state index is 0.242. The summed E-state index contributed by atoms with van der Waals surface area (Å²) in [6, 6.07) is 10.6. The van der Waals surface area contributed by atoms with E-state index >= 15 is 0 Å². The molecule has 4 rings (SSSR count). The van der Waals surface area contributed by atoms with Gasteiger partial charge in [-0.3, -0.25) is 0 Å². The standard InChI is InChI=1S/C19H19N5OS2/c1-25-10-14-16(17(20)26)18-21-7-6-15(24(18)23-14)19(27)22-13-8-11-4-2-3-5-12(11)9-13/h2-7,13H,8-10H2,1H3,(H2,20,26)(H,22,27). The zero-order valence-electron chi connectivity index (χ0n) is 14.8. The van der Waals surface area contributed by atoms with Crippen molar-refractivity contribution in [1.82, 2.24) is 19.9 Å². The quantitative estimate of drug-likeness (QED) is 0.637. The maximum Gasteiger partial charge on any atom is 0.166 e. The van der Waals surface area contributed by atoms with E-state index in [0.717, 1.165) is 18.5 Å². The molecule has 0 fully saturated rings. The van der Waals surface area contributed by atoms with Gasteiger partial charge in [-0.1, -0.05) is 48.7 Å². The van der Waals surface area contributed by atoms with E-state index < -0.39 is 0 Å². The summed E-state index contributed by atoms with van der Waals surface area (Å²) in [4.78, 5) is 5.27. The Morgan fingerprint density at radius 1 is 1.26 bits per heavy atom. The van der Waals surface area contributed by atoms with Crippen molar-refractivity contribution >= 4 is 40.1 Å². The molecule has 0 amide bonds. The number of ether oxygens (including phenoxy) is 1. The van der Waals surface area contributed by atoms with Crippen LogP contribution in [0.3, 0.4) is 0 Å². The molecule has 0 saturated carbocycles. The number of hydrogen-bond donors (Lipinski definition) is 2. The molecule has 0 spiro atoms. The highest BCUT2D eigenvalue weighted by molar-refractivity contribution is 7.81. The SMILES string of the molecule is COCc1nn2c(C(=S)NC3Cc4ccccc4C3)ccnc2c1C(N)=S. The molecule has 1 aliphatic rings. The van der Waals surface area contributed by atoms with Gasteiger partial charge >= 0.3 is 0 Å². The van der Waals surface area contributed by atoms with Gasteiger partial charge in [-0.15, -0.1) is 0 Å². The third-order valence-corrected chi connectivity index (χ3v) is 5.27. The molecule has 0 radical (unpaired) electrons. The summed E-state index contributed by atoms with van der Waals surface area (Å²) in [6.07, 6.45) is 3.61. The van der Waals surface area contributed by atoms with E-state index in [9.17, 15) is 0 Å². The summed E-state index contributed by atoms with van der Waals surface area (Å²) in [7, 11) is 1.60. The molecule has 0 aliphatic heterocycles. The molecule has 138 valence electrons. The smallest absolute Gasteiger partial charge is 0.166 e. The molecule has 0 atom stereocenters.